The molecule has 63 heavy (non-hydrogen) atoms. The molecule has 0 bridgehead atoms. The van der Waals surface area contributed by atoms with Gasteiger partial charge in [-0.2, -0.15) is 14.5 Å². The van der Waals surface area contributed by atoms with E-state index in [2.05, 4.69) is 5.10 Å². The number of sulfonamides is 1. The molecule has 0 atom stereocenters. The van der Waals surface area contributed by atoms with Gasteiger partial charge in [0.25, 0.3) is 0 Å². The Kier molecular flexibility index (Phi) is 13.9. The van der Waals surface area contributed by atoms with Crippen molar-refractivity contribution in [2.45, 2.75) is 57.0 Å². The molecule has 13 nitrogen and oxygen atoms in total. The van der Waals surface area contributed by atoms with Gasteiger partial charge in [-0.15, -0.1) is 11.8 Å². The maximum Gasteiger partial charge on any atom is 0.355 e. The number of benzene rings is 4. The van der Waals surface area contributed by atoms with E-state index in [1.807, 2.05) is 49.4 Å². The minimum Gasteiger partial charge on any atom is -0.497 e. The largest absolute Gasteiger partial charge is 0.497 e. The van der Waals surface area contributed by atoms with Crippen LogP contribution in [-0.2, 0) is 67.8 Å². The molecule has 0 spiro atoms. The molecule has 3 heterocycles. The highest BCUT2D eigenvalue weighted by atomic mass is 35.5. The van der Waals surface area contributed by atoms with Gasteiger partial charge in [0.05, 0.1) is 73.9 Å². The van der Waals surface area contributed by atoms with E-state index in [1.54, 1.807) is 74.4 Å². The monoisotopic (exact) mass is 916 g/mol. The Morgan fingerprint density at radius 2 is 1.70 bits per heavy atom. The standard InChI is InChI=1S/C46H50ClFN6O7S2/c1-8-60-46(56)45-37(10-9-19-61-41-23-35(21-30-20-31(48)13-16-36(30)41)62-27-29-11-14-34(59-6)15-12-29)38-17-18-39(47)43(44(38)51(45)3)42-28(2)52(4)50-40(42)25-54(63(7,57)58)24-32-22-33(26-55)53(5)49-32/h11-18,20-23,55H,8-10,19,24-27H2,1-7H3. The van der Waals surface area contributed by atoms with Crippen LogP contribution in [0.15, 0.2) is 77.7 Å². The lowest BCUT2D eigenvalue weighted by Crippen LogP contribution is -2.29. The average molecular weight is 918 g/mol. The van der Waals surface area contributed by atoms with E-state index in [1.165, 1.54) is 21.1 Å². The maximum absolute atomic E-state index is 14.5. The molecular weight excluding hydrogens is 867 g/mol. The van der Waals surface area contributed by atoms with Crippen molar-refractivity contribution in [3.05, 3.63) is 123 Å². The van der Waals surface area contributed by atoms with Crippen LogP contribution in [0, 0.1) is 12.7 Å². The molecule has 0 fully saturated rings. The summed E-state index contributed by atoms with van der Waals surface area (Å²) >= 11 is 8.73. The number of carbonyl (C=O) groups is 1. The fourth-order valence-electron chi connectivity index (χ4n) is 7.90. The minimum atomic E-state index is -3.78. The number of aromatic nitrogens is 5. The molecule has 332 valence electrons. The summed E-state index contributed by atoms with van der Waals surface area (Å²) < 4.78 is 64.6. The van der Waals surface area contributed by atoms with Crippen LogP contribution in [0.3, 0.4) is 0 Å². The van der Waals surface area contributed by atoms with E-state index in [9.17, 15) is 22.7 Å². The molecule has 4 aromatic carbocycles. The van der Waals surface area contributed by atoms with Gasteiger partial charge in [0.1, 0.15) is 23.0 Å². The van der Waals surface area contributed by atoms with Gasteiger partial charge in [-0.1, -0.05) is 29.8 Å². The highest BCUT2D eigenvalue weighted by Gasteiger charge is 2.30. The predicted octanol–water partition coefficient (Wildman–Crippen LogP) is 8.51. The van der Waals surface area contributed by atoms with Crippen LogP contribution < -0.4 is 9.47 Å². The quantitative estimate of drug-likeness (QED) is 0.0506. The number of esters is 1. The van der Waals surface area contributed by atoms with Crippen LogP contribution >= 0.6 is 23.4 Å². The number of aliphatic hydroxyl groups excluding tert-OH is 1. The Morgan fingerprint density at radius 3 is 2.38 bits per heavy atom. The Labute approximate surface area is 375 Å². The zero-order valence-corrected chi connectivity index (χ0v) is 38.6. The Bertz CT molecular complexity index is 2930. The van der Waals surface area contributed by atoms with Gasteiger partial charge in [0.2, 0.25) is 10.0 Å². The zero-order chi connectivity index (χ0) is 45.2. The fourth-order valence-corrected chi connectivity index (χ4v) is 9.80. The molecule has 0 unspecified atom stereocenters. The first-order valence-electron chi connectivity index (χ1n) is 20.3. The van der Waals surface area contributed by atoms with Crippen molar-refractivity contribution in [1.29, 1.82) is 0 Å². The van der Waals surface area contributed by atoms with Crippen molar-refractivity contribution in [3.63, 3.8) is 0 Å². The maximum atomic E-state index is 14.5. The highest BCUT2D eigenvalue weighted by molar-refractivity contribution is 7.98. The number of thioether (sulfide) groups is 1. The molecule has 1 N–H and O–H groups in total. The molecule has 7 aromatic rings. The number of nitrogens with zero attached hydrogens (tertiary/aromatic N) is 6. The number of ether oxygens (including phenoxy) is 3. The molecule has 0 radical (unpaired) electrons. The van der Waals surface area contributed by atoms with Crippen molar-refractivity contribution in [2.24, 2.45) is 21.1 Å². The van der Waals surface area contributed by atoms with E-state index in [4.69, 9.17) is 30.9 Å². The van der Waals surface area contributed by atoms with Crippen molar-refractivity contribution in [3.8, 4) is 22.6 Å². The normalized spacial score (nSPS) is 11.9. The molecular formula is C46H50ClFN6O7S2. The molecule has 0 saturated heterocycles. The van der Waals surface area contributed by atoms with Gasteiger partial charge >= 0.3 is 5.97 Å². The van der Waals surface area contributed by atoms with Gasteiger partial charge in [-0.25, -0.2) is 17.6 Å². The average Bonchev–Trinajstić information content (AvgIpc) is 3.85. The first kappa shape index (κ1) is 45.6. The van der Waals surface area contributed by atoms with Gasteiger partial charge in [-0.05, 0) is 97.8 Å². The summed E-state index contributed by atoms with van der Waals surface area (Å²) in [5.41, 5.74) is 6.33. The summed E-state index contributed by atoms with van der Waals surface area (Å²) in [5.74, 6) is 1.28. The second-order valence-electron chi connectivity index (χ2n) is 15.3. The summed E-state index contributed by atoms with van der Waals surface area (Å²) in [4.78, 5) is 14.7. The van der Waals surface area contributed by atoms with Crippen LogP contribution in [0.2, 0.25) is 5.02 Å². The number of fused-ring (bicyclic) bond motifs is 2. The first-order valence-corrected chi connectivity index (χ1v) is 23.5. The van der Waals surface area contributed by atoms with Gasteiger partial charge < -0.3 is 23.9 Å². The van der Waals surface area contributed by atoms with Crippen LogP contribution in [0.25, 0.3) is 32.8 Å². The highest BCUT2D eigenvalue weighted by Crippen LogP contribution is 2.43. The van der Waals surface area contributed by atoms with Gasteiger partial charge in [0.15, 0.2) is 0 Å². The Morgan fingerprint density at radius 1 is 0.952 bits per heavy atom. The van der Waals surface area contributed by atoms with Crippen LogP contribution in [0.4, 0.5) is 4.39 Å². The van der Waals surface area contributed by atoms with Crippen LogP contribution in [0.5, 0.6) is 11.5 Å². The lowest BCUT2D eigenvalue weighted by Gasteiger charge is -2.19. The second-order valence-corrected chi connectivity index (χ2v) is 18.7. The second kappa shape index (κ2) is 19.2. The number of aliphatic hydroxyl groups is 1. The molecule has 0 aliphatic carbocycles. The molecule has 0 aliphatic heterocycles. The SMILES string of the molecule is CCOC(=O)c1c(CCCOc2cc(SCc3ccc(OC)cc3)cc3cc(F)ccc23)c2ccc(Cl)c(-c3c(CN(Cc4cc(CO)n(C)n4)S(C)(=O)=O)nn(C)c3C)c2n1C. The number of methoxy groups -OCH3 is 1. The Hall–Kier alpha value is -5.39. The summed E-state index contributed by atoms with van der Waals surface area (Å²) in [6.07, 6.45) is 2.08. The van der Waals surface area contributed by atoms with E-state index >= 15 is 0 Å². The van der Waals surface area contributed by atoms with E-state index in [-0.39, 0.29) is 32.1 Å². The summed E-state index contributed by atoms with van der Waals surface area (Å²) in [5, 5.41) is 21.6. The van der Waals surface area contributed by atoms with E-state index in [0.717, 1.165) is 49.9 Å². The molecule has 3 aromatic heterocycles. The topological polar surface area (TPSA) is 143 Å². The molecule has 0 aliphatic rings. The number of halogens is 2. The zero-order valence-electron chi connectivity index (χ0n) is 36.2. The number of hydrogen-bond acceptors (Lipinski definition) is 10. The third kappa shape index (κ3) is 9.75. The summed E-state index contributed by atoms with van der Waals surface area (Å²) in [7, 11) is 3.11. The van der Waals surface area contributed by atoms with Crippen LogP contribution in [0.1, 0.15) is 57.7 Å². The molecule has 0 saturated carbocycles. The lowest BCUT2D eigenvalue weighted by molar-refractivity contribution is 0.0514. The number of hydrogen-bond donors (Lipinski definition) is 1. The van der Waals surface area contributed by atoms with Crippen molar-refractivity contribution in [2.75, 3.05) is 26.6 Å². The lowest BCUT2D eigenvalue weighted by atomic mass is 9.98. The van der Waals surface area contributed by atoms with Crippen LogP contribution in [-0.4, -0.2) is 74.5 Å². The first-order chi connectivity index (χ1) is 30.1. The molecule has 17 heteroatoms. The minimum absolute atomic E-state index is 0.0530. The smallest absolute Gasteiger partial charge is 0.355 e. The molecule has 0 amide bonds. The predicted molar refractivity (Wildman–Crippen MR) is 244 cm³/mol. The van der Waals surface area contributed by atoms with Gasteiger partial charge in [0, 0.05) is 59.4 Å². The van der Waals surface area contributed by atoms with Gasteiger partial charge in [-0.3, -0.25) is 9.36 Å². The number of carbonyl (C=O) groups excluding carboxylic acids is 1. The van der Waals surface area contributed by atoms with Crippen molar-refractivity contribution in [1.82, 2.24) is 28.4 Å². The summed E-state index contributed by atoms with van der Waals surface area (Å²) in [6.45, 7) is 3.70. The summed E-state index contributed by atoms with van der Waals surface area (Å²) in [6, 6.07) is 21.8. The third-order valence-electron chi connectivity index (χ3n) is 11.1. The fraction of sp³-hybridized carbons (Fsp3) is 0.326. The van der Waals surface area contributed by atoms with Crippen molar-refractivity contribution >= 4 is 61.0 Å². The van der Waals surface area contributed by atoms with E-state index in [0.29, 0.717) is 75.4 Å². The Balaban J connectivity index is 1.21. The molecule has 7 rings (SSSR count). The van der Waals surface area contributed by atoms with Crippen molar-refractivity contribution < 1.29 is 36.9 Å². The third-order valence-corrected chi connectivity index (χ3v) is 13.7. The number of rotatable bonds is 18. The number of aryl methyl sites for hydroxylation is 4. The van der Waals surface area contributed by atoms with E-state index < -0.39 is 16.0 Å².